The fourth-order valence-corrected chi connectivity index (χ4v) is 6.39. The quantitative estimate of drug-likeness (QED) is 0.591. The number of amides is 2. The first-order valence-electron chi connectivity index (χ1n) is 12.2. The Kier molecular flexibility index (Phi) is 5.29. The predicted octanol–water partition coefficient (Wildman–Crippen LogP) is 3.05. The van der Waals surface area contributed by atoms with Gasteiger partial charge in [-0.25, -0.2) is 9.59 Å². The minimum Gasteiger partial charge on any atom is -0.479 e. The Morgan fingerprint density at radius 3 is 2.37 bits per heavy atom. The van der Waals surface area contributed by atoms with Crippen LogP contribution in [0.3, 0.4) is 0 Å². The van der Waals surface area contributed by atoms with Crippen molar-refractivity contribution >= 4 is 18.0 Å². The van der Waals surface area contributed by atoms with Crippen molar-refractivity contribution in [2.24, 2.45) is 11.3 Å². The van der Waals surface area contributed by atoms with Gasteiger partial charge in [-0.3, -0.25) is 4.79 Å². The van der Waals surface area contributed by atoms with Crippen LogP contribution in [0.15, 0.2) is 48.5 Å². The van der Waals surface area contributed by atoms with Crippen LogP contribution in [-0.2, 0) is 19.1 Å². The third-order valence-electron chi connectivity index (χ3n) is 8.18. The number of rotatable bonds is 6. The fourth-order valence-electron chi connectivity index (χ4n) is 6.39. The second-order valence-corrected chi connectivity index (χ2v) is 10.2. The van der Waals surface area contributed by atoms with Crippen LogP contribution in [0.1, 0.15) is 42.7 Å². The lowest BCUT2D eigenvalue weighted by Crippen LogP contribution is -2.47. The second kappa shape index (κ2) is 8.37. The van der Waals surface area contributed by atoms with Gasteiger partial charge in [0.2, 0.25) is 5.91 Å². The van der Waals surface area contributed by atoms with E-state index in [-0.39, 0.29) is 30.4 Å². The lowest BCUT2D eigenvalue weighted by Gasteiger charge is -2.22. The number of nitrogens with one attached hydrogen (secondary N) is 2. The standard InChI is InChI=1S/C27H28N2O6/c30-24(31)23-22(9-10-34-23)29-25(32)27-12-15(27)11-16(13-27)28-26(33)35-14-21-19-7-3-1-5-17(19)18-6-2-4-8-20(18)21/h1-8,15-16,21-23H,9-14H2,(H,28,33)(H,29,32)(H,30,31)/t15-,16+,22?,23?,27+/m0/s1. The molecule has 0 spiro atoms. The van der Waals surface area contributed by atoms with Crippen LogP contribution in [0.2, 0.25) is 0 Å². The lowest BCUT2D eigenvalue weighted by atomic mass is 9.98. The van der Waals surface area contributed by atoms with Gasteiger partial charge in [0.25, 0.3) is 0 Å². The molecule has 0 radical (unpaired) electrons. The van der Waals surface area contributed by atoms with E-state index in [1.54, 1.807) is 0 Å². The van der Waals surface area contributed by atoms with Crippen molar-refractivity contribution in [1.29, 1.82) is 0 Å². The van der Waals surface area contributed by atoms with Gasteiger partial charge in [-0.05, 0) is 53.9 Å². The summed E-state index contributed by atoms with van der Waals surface area (Å²) < 4.78 is 10.9. The molecule has 182 valence electrons. The first-order valence-corrected chi connectivity index (χ1v) is 12.2. The molecule has 6 rings (SSSR count). The Morgan fingerprint density at radius 1 is 1.00 bits per heavy atom. The zero-order chi connectivity index (χ0) is 24.2. The summed E-state index contributed by atoms with van der Waals surface area (Å²) in [4.78, 5) is 37.0. The number of fused-ring (bicyclic) bond motifs is 4. The minimum absolute atomic E-state index is 0.00179. The van der Waals surface area contributed by atoms with Crippen LogP contribution < -0.4 is 10.6 Å². The minimum atomic E-state index is -1.06. The van der Waals surface area contributed by atoms with Crippen molar-refractivity contribution in [3.63, 3.8) is 0 Å². The number of carboxylic acid groups (broad SMARTS) is 1. The van der Waals surface area contributed by atoms with Gasteiger partial charge in [-0.1, -0.05) is 48.5 Å². The molecule has 2 aromatic rings. The van der Waals surface area contributed by atoms with Gasteiger partial charge in [-0.2, -0.15) is 0 Å². The first kappa shape index (κ1) is 22.1. The SMILES string of the molecule is O=C(N[C@@H]1C[C@H]2C[C@@]2(C(=O)NC2CCOC2C(=O)O)C1)OCC1c2ccccc2-c2ccccc21. The van der Waals surface area contributed by atoms with Gasteiger partial charge in [0, 0.05) is 18.6 Å². The highest BCUT2D eigenvalue weighted by Crippen LogP contribution is 2.63. The van der Waals surface area contributed by atoms with Crippen LogP contribution >= 0.6 is 0 Å². The maximum Gasteiger partial charge on any atom is 0.407 e. The van der Waals surface area contributed by atoms with Crippen LogP contribution in [0.5, 0.6) is 0 Å². The molecule has 3 aliphatic carbocycles. The van der Waals surface area contributed by atoms with Gasteiger partial charge < -0.3 is 25.2 Å². The molecule has 4 aliphatic rings. The molecule has 8 heteroatoms. The van der Waals surface area contributed by atoms with E-state index in [9.17, 15) is 19.5 Å². The summed E-state index contributed by atoms with van der Waals surface area (Å²) in [6, 6.07) is 15.8. The number of benzene rings is 2. The molecule has 2 saturated carbocycles. The average Bonchev–Trinajstić information content (AvgIpc) is 3.17. The highest BCUT2D eigenvalue weighted by Gasteiger charge is 2.65. The van der Waals surface area contributed by atoms with Gasteiger partial charge >= 0.3 is 12.1 Å². The van der Waals surface area contributed by atoms with E-state index in [0.29, 0.717) is 19.4 Å². The van der Waals surface area contributed by atoms with Crippen LogP contribution in [0.4, 0.5) is 4.79 Å². The second-order valence-electron chi connectivity index (χ2n) is 10.2. The van der Waals surface area contributed by atoms with E-state index < -0.39 is 29.6 Å². The van der Waals surface area contributed by atoms with Crippen molar-refractivity contribution in [2.45, 2.75) is 49.8 Å². The van der Waals surface area contributed by atoms with E-state index in [1.165, 1.54) is 11.1 Å². The molecular formula is C27H28N2O6. The molecule has 1 saturated heterocycles. The molecule has 1 heterocycles. The Hall–Kier alpha value is -3.39. The lowest BCUT2D eigenvalue weighted by molar-refractivity contribution is -0.148. The Bertz CT molecular complexity index is 1150. The van der Waals surface area contributed by atoms with Crippen molar-refractivity contribution in [3.8, 4) is 11.1 Å². The van der Waals surface area contributed by atoms with E-state index in [2.05, 4.69) is 34.9 Å². The van der Waals surface area contributed by atoms with Crippen LogP contribution in [0, 0.1) is 11.3 Å². The van der Waals surface area contributed by atoms with Crippen molar-refractivity contribution in [3.05, 3.63) is 59.7 Å². The van der Waals surface area contributed by atoms with Crippen molar-refractivity contribution in [1.82, 2.24) is 10.6 Å². The maximum atomic E-state index is 13.0. The maximum absolute atomic E-state index is 13.0. The van der Waals surface area contributed by atoms with Gasteiger partial charge in [0.1, 0.15) is 6.61 Å². The molecule has 3 N–H and O–H groups in total. The molecule has 1 aliphatic heterocycles. The summed E-state index contributed by atoms with van der Waals surface area (Å²) in [7, 11) is 0. The Morgan fingerprint density at radius 2 is 1.69 bits per heavy atom. The van der Waals surface area contributed by atoms with E-state index >= 15 is 0 Å². The molecule has 35 heavy (non-hydrogen) atoms. The van der Waals surface area contributed by atoms with Crippen LogP contribution in [0.25, 0.3) is 11.1 Å². The number of hydrogen-bond acceptors (Lipinski definition) is 5. The van der Waals surface area contributed by atoms with Crippen molar-refractivity contribution < 1.29 is 29.0 Å². The third-order valence-corrected chi connectivity index (χ3v) is 8.18. The number of aliphatic carboxylic acids is 1. The number of hydrogen-bond donors (Lipinski definition) is 3. The zero-order valence-corrected chi connectivity index (χ0v) is 19.2. The molecule has 0 aromatic heterocycles. The summed E-state index contributed by atoms with van der Waals surface area (Å²) in [5, 5.41) is 15.1. The number of alkyl carbamates (subject to hydrolysis) is 1. The zero-order valence-electron chi connectivity index (χ0n) is 19.2. The summed E-state index contributed by atoms with van der Waals surface area (Å²) >= 11 is 0. The molecular weight excluding hydrogens is 448 g/mol. The molecule has 2 unspecified atom stereocenters. The Balaban J connectivity index is 1.04. The number of carbonyl (C=O) groups excluding carboxylic acids is 2. The highest BCUT2D eigenvalue weighted by atomic mass is 16.5. The average molecular weight is 477 g/mol. The van der Waals surface area contributed by atoms with Gasteiger partial charge in [-0.15, -0.1) is 0 Å². The van der Waals surface area contributed by atoms with Crippen molar-refractivity contribution in [2.75, 3.05) is 13.2 Å². The summed E-state index contributed by atoms with van der Waals surface area (Å²) in [6.45, 7) is 0.574. The summed E-state index contributed by atoms with van der Waals surface area (Å²) in [6.07, 6.45) is 1.06. The van der Waals surface area contributed by atoms with Gasteiger partial charge in [0.15, 0.2) is 6.10 Å². The Labute approximate surface area is 203 Å². The normalized spacial score (nSPS) is 30.2. The molecule has 0 bridgehead atoms. The molecule has 8 nitrogen and oxygen atoms in total. The number of carboxylic acids is 1. The topological polar surface area (TPSA) is 114 Å². The monoisotopic (exact) mass is 476 g/mol. The van der Waals surface area contributed by atoms with Crippen LogP contribution in [-0.4, -0.2) is 54.5 Å². The third kappa shape index (κ3) is 3.76. The molecule has 2 aromatic carbocycles. The predicted molar refractivity (Wildman–Crippen MR) is 126 cm³/mol. The van der Waals surface area contributed by atoms with E-state index in [0.717, 1.165) is 24.0 Å². The smallest absolute Gasteiger partial charge is 0.407 e. The highest BCUT2D eigenvalue weighted by molar-refractivity contribution is 5.88. The van der Waals surface area contributed by atoms with E-state index in [1.807, 2.05) is 24.3 Å². The number of carbonyl (C=O) groups is 3. The molecule has 3 fully saturated rings. The van der Waals surface area contributed by atoms with E-state index in [4.69, 9.17) is 9.47 Å². The summed E-state index contributed by atoms with van der Waals surface area (Å²) in [5.41, 5.74) is 4.16. The molecule has 2 amide bonds. The summed E-state index contributed by atoms with van der Waals surface area (Å²) in [5.74, 6) is -0.981. The fraction of sp³-hybridized carbons (Fsp3) is 0.444. The largest absolute Gasteiger partial charge is 0.479 e. The van der Waals surface area contributed by atoms with Gasteiger partial charge in [0.05, 0.1) is 11.5 Å². The first-order chi connectivity index (χ1) is 17.0. The number of ether oxygens (including phenoxy) is 2. The molecule has 5 atom stereocenters.